The molecule has 0 aliphatic carbocycles. The molecule has 0 aliphatic rings. The van der Waals surface area contributed by atoms with Gasteiger partial charge in [-0.3, -0.25) is 9.89 Å². The summed E-state index contributed by atoms with van der Waals surface area (Å²) in [4.78, 5) is 16.5. The number of H-pyrrole nitrogens is 1. The summed E-state index contributed by atoms with van der Waals surface area (Å²) in [7, 11) is 1.13. The molecule has 5 nitrogen and oxygen atoms in total. The van der Waals surface area contributed by atoms with E-state index in [1.807, 2.05) is 0 Å². The Morgan fingerprint density at radius 3 is 2.55 bits per heavy atom. The van der Waals surface area contributed by atoms with Crippen molar-refractivity contribution in [3.63, 3.8) is 0 Å². The van der Waals surface area contributed by atoms with Gasteiger partial charge in [0.15, 0.2) is 5.16 Å². The Kier molecular flexibility index (Phi) is 5.07. The van der Waals surface area contributed by atoms with Gasteiger partial charge in [-0.1, -0.05) is 23.9 Å². The minimum absolute atomic E-state index is 0.222. The van der Waals surface area contributed by atoms with E-state index in [0.717, 1.165) is 12.6 Å². The molecular weight excluding hydrogens is 317 g/mol. The van der Waals surface area contributed by atoms with Crippen molar-refractivity contribution in [2.24, 2.45) is 0 Å². The van der Waals surface area contributed by atoms with Gasteiger partial charge in [0.05, 0.1) is 0 Å². The maximum Gasteiger partial charge on any atom is 0.406 e. The van der Waals surface area contributed by atoms with Gasteiger partial charge in [-0.05, 0) is 17.7 Å². The number of carbonyl (C=O) groups excluding carboxylic acids is 1. The molecule has 1 amide bonds. The molecule has 22 heavy (non-hydrogen) atoms. The minimum atomic E-state index is -4.40. The Bertz CT molecular complexity index is 613. The monoisotopic (exact) mass is 330 g/mol. The van der Waals surface area contributed by atoms with Crippen LogP contribution in [0.15, 0.2) is 35.7 Å². The van der Waals surface area contributed by atoms with E-state index in [1.165, 1.54) is 30.2 Å². The number of rotatable bonds is 5. The van der Waals surface area contributed by atoms with Gasteiger partial charge in [0.2, 0.25) is 0 Å². The zero-order valence-electron chi connectivity index (χ0n) is 11.6. The molecule has 0 bridgehead atoms. The molecule has 1 aromatic heterocycles. The van der Waals surface area contributed by atoms with Crippen LogP contribution in [0.2, 0.25) is 0 Å². The molecule has 118 valence electrons. The molecule has 2 rings (SSSR count). The highest BCUT2D eigenvalue weighted by molar-refractivity contribution is 7.98. The summed E-state index contributed by atoms with van der Waals surface area (Å²) in [5.74, 6) is -0.0473. The van der Waals surface area contributed by atoms with Crippen LogP contribution in [-0.2, 0) is 5.75 Å². The summed E-state index contributed by atoms with van der Waals surface area (Å²) in [6.07, 6.45) is -3.00. The van der Waals surface area contributed by atoms with Gasteiger partial charge in [0.1, 0.15) is 12.9 Å². The highest BCUT2D eigenvalue weighted by Crippen LogP contribution is 2.20. The van der Waals surface area contributed by atoms with Gasteiger partial charge in [-0.25, -0.2) is 4.98 Å². The van der Waals surface area contributed by atoms with Crippen molar-refractivity contribution in [1.29, 1.82) is 0 Å². The highest BCUT2D eigenvalue weighted by atomic mass is 32.2. The number of aromatic nitrogens is 3. The van der Waals surface area contributed by atoms with Crippen molar-refractivity contribution in [1.82, 2.24) is 20.1 Å². The summed E-state index contributed by atoms with van der Waals surface area (Å²) >= 11 is 1.44. The summed E-state index contributed by atoms with van der Waals surface area (Å²) in [5, 5.41) is 7.10. The van der Waals surface area contributed by atoms with Crippen LogP contribution in [0.4, 0.5) is 13.2 Å². The summed E-state index contributed by atoms with van der Waals surface area (Å²) in [6.45, 7) is -1.27. The fraction of sp³-hybridized carbons (Fsp3) is 0.308. The van der Waals surface area contributed by atoms with Crippen molar-refractivity contribution >= 4 is 17.7 Å². The first-order valence-electron chi connectivity index (χ1n) is 6.24. The molecule has 0 radical (unpaired) electrons. The minimum Gasteiger partial charge on any atom is -0.333 e. The van der Waals surface area contributed by atoms with Gasteiger partial charge < -0.3 is 4.90 Å². The van der Waals surface area contributed by atoms with Crippen LogP contribution in [-0.4, -0.2) is 45.8 Å². The Morgan fingerprint density at radius 1 is 1.32 bits per heavy atom. The molecule has 0 aliphatic heterocycles. The van der Waals surface area contributed by atoms with Gasteiger partial charge in [0.25, 0.3) is 5.91 Å². The third-order valence-corrected chi connectivity index (χ3v) is 3.68. The smallest absolute Gasteiger partial charge is 0.333 e. The summed E-state index contributed by atoms with van der Waals surface area (Å²) < 4.78 is 36.8. The van der Waals surface area contributed by atoms with Crippen LogP contribution >= 0.6 is 11.8 Å². The van der Waals surface area contributed by atoms with Crippen molar-refractivity contribution < 1.29 is 18.0 Å². The van der Waals surface area contributed by atoms with Crippen LogP contribution in [0.1, 0.15) is 15.9 Å². The molecule has 1 heterocycles. The molecule has 0 saturated carbocycles. The predicted molar refractivity (Wildman–Crippen MR) is 75.4 cm³/mol. The Hall–Kier alpha value is -2.03. The number of benzene rings is 1. The largest absolute Gasteiger partial charge is 0.406 e. The second kappa shape index (κ2) is 6.82. The molecular formula is C13H13F3N4OS. The second-order valence-corrected chi connectivity index (χ2v) is 5.52. The molecule has 0 fully saturated rings. The van der Waals surface area contributed by atoms with Crippen LogP contribution in [0.5, 0.6) is 0 Å². The lowest BCUT2D eigenvalue weighted by Gasteiger charge is -2.19. The maximum absolute atomic E-state index is 12.3. The standard InChI is InChI=1S/C13H13F3N4OS/c1-20(7-13(14,15)16)11(21)10-4-2-9(3-5-10)6-22-12-17-8-18-19-12/h2-5,8H,6-7H2,1H3,(H,17,18,19). The van der Waals surface area contributed by atoms with Crippen molar-refractivity contribution in [3.8, 4) is 0 Å². The number of hydrogen-bond acceptors (Lipinski definition) is 4. The van der Waals surface area contributed by atoms with Crippen LogP contribution in [0, 0.1) is 0 Å². The average molecular weight is 330 g/mol. The molecule has 9 heteroatoms. The lowest BCUT2D eigenvalue weighted by molar-refractivity contribution is -0.138. The molecule has 0 spiro atoms. The van der Waals surface area contributed by atoms with Crippen molar-refractivity contribution in [2.45, 2.75) is 17.1 Å². The van der Waals surface area contributed by atoms with Gasteiger partial charge in [-0.2, -0.15) is 18.3 Å². The molecule has 0 saturated heterocycles. The van der Waals surface area contributed by atoms with E-state index >= 15 is 0 Å². The number of halogens is 3. The predicted octanol–water partition coefficient (Wildman–Crippen LogP) is 2.73. The molecule has 2 aromatic rings. The number of alkyl halides is 3. The second-order valence-electron chi connectivity index (χ2n) is 4.55. The van der Waals surface area contributed by atoms with Crippen LogP contribution in [0.25, 0.3) is 0 Å². The number of hydrogen-bond donors (Lipinski definition) is 1. The van der Waals surface area contributed by atoms with E-state index < -0.39 is 18.6 Å². The zero-order valence-corrected chi connectivity index (χ0v) is 12.4. The Morgan fingerprint density at radius 2 is 2.00 bits per heavy atom. The fourth-order valence-electron chi connectivity index (χ4n) is 1.72. The molecule has 0 atom stereocenters. The quantitative estimate of drug-likeness (QED) is 0.856. The zero-order chi connectivity index (χ0) is 16.2. The maximum atomic E-state index is 12.3. The number of amides is 1. The highest BCUT2D eigenvalue weighted by Gasteiger charge is 2.31. The molecule has 1 N–H and O–H groups in total. The molecule has 0 unspecified atom stereocenters. The SMILES string of the molecule is CN(CC(F)(F)F)C(=O)c1ccc(CSc2ncn[nH]2)cc1. The molecule has 1 aromatic carbocycles. The van der Waals surface area contributed by atoms with E-state index in [-0.39, 0.29) is 5.56 Å². The van der Waals surface area contributed by atoms with Gasteiger partial charge in [0, 0.05) is 18.4 Å². The summed E-state index contributed by atoms with van der Waals surface area (Å²) in [5.41, 5.74) is 1.15. The van der Waals surface area contributed by atoms with Gasteiger partial charge in [-0.15, -0.1) is 0 Å². The van der Waals surface area contributed by atoms with Crippen molar-refractivity contribution in [2.75, 3.05) is 13.6 Å². The fourth-order valence-corrected chi connectivity index (χ4v) is 2.45. The van der Waals surface area contributed by atoms with Crippen LogP contribution in [0.3, 0.4) is 0 Å². The first kappa shape index (κ1) is 16.3. The third-order valence-electron chi connectivity index (χ3n) is 2.73. The number of nitrogens with zero attached hydrogens (tertiary/aromatic N) is 3. The van der Waals surface area contributed by atoms with E-state index in [2.05, 4.69) is 15.2 Å². The summed E-state index contributed by atoms with van der Waals surface area (Å²) in [6, 6.07) is 6.45. The Labute approximate surface area is 128 Å². The van der Waals surface area contributed by atoms with E-state index in [4.69, 9.17) is 0 Å². The van der Waals surface area contributed by atoms with E-state index in [0.29, 0.717) is 15.8 Å². The number of thioether (sulfide) groups is 1. The average Bonchev–Trinajstić information content (AvgIpc) is 2.96. The van der Waals surface area contributed by atoms with Gasteiger partial charge >= 0.3 is 6.18 Å². The van der Waals surface area contributed by atoms with Crippen molar-refractivity contribution in [3.05, 3.63) is 41.7 Å². The van der Waals surface area contributed by atoms with E-state index in [9.17, 15) is 18.0 Å². The number of carbonyl (C=O) groups is 1. The first-order valence-corrected chi connectivity index (χ1v) is 7.23. The first-order chi connectivity index (χ1) is 10.3. The Balaban J connectivity index is 1.94. The number of aromatic amines is 1. The van der Waals surface area contributed by atoms with E-state index in [1.54, 1.807) is 12.1 Å². The lowest BCUT2D eigenvalue weighted by atomic mass is 10.1. The lowest BCUT2D eigenvalue weighted by Crippen LogP contribution is -2.35. The normalized spacial score (nSPS) is 11.5. The topological polar surface area (TPSA) is 61.9 Å². The van der Waals surface area contributed by atoms with Crippen LogP contribution < -0.4 is 0 Å². The third kappa shape index (κ3) is 4.76. The number of nitrogens with one attached hydrogen (secondary N) is 1.